The summed E-state index contributed by atoms with van der Waals surface area (Å²) in [5, 5.41) is 27.8. The Morgan fingerprint density at radius 3 is 2.50 bits per heavy atom. The van der Waals surface area contributed by atoms with Gasteiger partial charge in [-0.2, -0.15) is 0 Å². The van der Waals surface area contributed by atoms with Gasteiger partial charge in [-0.1, -0.05) is 58.2 Å². The first kappa shape index (κ1) is 41.3. The zero-order valence-corrected chi connectivity index (χ0v) is 35.4. The molecule has 2 aromatic carbocycles. The number of hydrogen-bond donors (Lipinski definition) is 3. The second kappa shape index (κ2) is 17.8. The fraction of sp³-hybridized carbons (Fsp3) is 0.537. The Kier molecular flexibility index (Phi) is 13.1. The summed E-state index contributed by atoms with van der Waals surface area (Å²) < 4.78 is 22.4. The number of phenols is 1. The molecule has 2 atom stereocenters. The molecule has 1 amide bonds. The van der Waals surface area contributed by atoms with Crippen molar-refractivity contribution < 1.29 is 28.5 Å². The lowest BCUT2D eigenvalue weighted by Gasteiger charge is -2.39. The van der Waals surface area contributed by atoms with Gasteiger partial charge in [-0.05, 0) is 79.9 Å². The van der Waals surface area contributed by atoms with Crippen molar-refractivity contribution in [2.75, 3.05) is 57.3 Å². The number of aromatic amines is 1. The van der Waals surface area contributed by atoms with Gasteiger partial charge in [0.1, 0.15) is 22.6 Å². The molecule has 0 radical (unpaired) electrons. The average molecular weight is 806 g/mol. The number of hydrogen-bond acceptors (Lipinski definition) is 13. The molecule has 0 bridgehead atoms. The molecule has 7 rings (SSSR count). The van der Waals surface area contributed by atoms with Crippen LogP contribution in [-0.4, -0.2) is 94.1 Å². The third-order valence-corrected chi connectivity index (χ3v) is 12.9. The standard InChI is InChI=1S/C23H34O2S.C18H21N7O4S/c1-6-7-8-10-15(2)16(3)17-13-19(24)21-18-11-9-12-26-22(18)23(4,5)25-20(21)14-17;1-27-12-8-10-11(9-13(12)28-2)20-17(21-14(10)19)25-6-4-24(5-7-25)16(26)15-22-23-18(29-15)30-3/h13-16,24H,6-12H2,1-5H3;8-9H,4-7H2,1-3H3,(H2,19,20,21). The molecular formula is C41H55N7O6S2. The van der Waals surface area contributed by atoms with E-state index in [2.05, 4.69) is 60.9 Å². The first-order chi connectivity index (χ1) is 26.9. The summed E-state index contributed by atoms with van der Waals surface area (Å²) in [7, 11) is 3.11. The molecule has 1 fully saturated rings. The van der Waals surface area contributed by atoms with Crippen LogP contribution < -0.4 is 24.6 Å². The Morgan fingerprint density at radius 2 is 1.82 bits per heavy atom. The lowest BCUT2D eigenvalue weighted by molar-refractivity contribution is 0.0700. The van der Waals surface area contributed by atoms with Crippen molar-refractivity contribution in [3.63, 3.8) is 0 Å². The summed E-state index contributed by atoms with van der Waals surface area (Å²) >= 11 is 3.19. The number of methoxy groups -OCH3 is 2. The van der Waals surface area contributed by atoms with Gasteiger partial charge < -0.3 is 38.5 Å². The van der Waals surface area contributed by atoms with Crippen LogP contribution in [0.3, 0.4) is 0 Å². The molecule has 5 heterocycles. The minimum Gasteiger partial charge on any atom is -0.507 e. The van der Waals surface area contributed by atoms with Gasteiger partial charge in [0, 0.05) is 42.5 Å². The Balaban J connectivity index is 0.000000192. The maximum atomic E-state index is 12.6. The van der Waals surface area contributed by atoms with Crippen molar-refractivity contribution in [2.24, 2.45) is 5.92 Å². The number of piperazine rings is 1. The highest BCUT2D eigenvalue weighted by Crippen LogP contribution is 2.53. The van der Waals surface area contributed by atoms with Crippen LogP contribution in [0.2, 0.25) is 0 Å². The van der Waals surface area contributed by atoms with Crippen molar-refractivity contribution in [1.29, 1.82) is 5.41 Å². The molecule has 302 valence electrons. The maximum Gasteiger partial charge on any atom is 0.311 e. The topological polar surface area (TPSA) is 163 Å². The number of fused-ring (bicyclic) bond motifs is 3. The predicted octanol–water partition coefficient (Wildman–Crippen LogP) is 8.25. The number of aromatic nitrogens is 4. The molecule has 3 aliphatic heterocycles. The monoisotopic (exact) mass is 805 g/mol. The van der Waals surface area contributed by atoms with E-state index in [1.807, 2.05) is 22.7 Å². The van der Waals surface area contributed by atoms with Crippen molar-refractivity contribution >= 4 is 51.9 Å². The normalized spacial score (nSPS) is 17.3. The smallest absolute Gasteiger partial charge is 0.311 e. The number of phenolic OH excluding ortho intramolecular Hbond substituents is 1. The second-order valence-electron chi connectivity index (χ2n) is 15.1. The highest BCUT2D eigenvalue weighted by Gasteiger charge is 2.38. The average Bonchev–Trinajstić information content (AvgIpc) is 3.69. The third-order valence-electron chi connectivity index (χ3n) is 10.9. The summed E-state index contributed by atoms with van der Waals surface area (Å²) in [6.07, 6.45) is 9.11. The van der Waals surface area contributed by atoms with Crippen LogP contribution in [0.1, 0.15) is 101 Å². The molecule has 3 N–H and O–H groups in total. The van der Waals surface area contributed by atoms with E-state index < -0.39 is 0 Å². The molecule has 13 nitrogen and oxygen atoms in total. The van der Waals surface area contributed by atoms with Gasteiger partial charge in [0.05, 0.1) is 25.3 Å². The lowest BCUT2D eigenvalue weighted by Crippen LogP contribution is -2.49. The van der Waals surface area contributed by atoms with Gasteiger partial charge in [-0.15, -0.1) is 22.0 Å². The molecule has 0 saturated carbocycles. The number of rotatable bonds is 11. The van der Waals surface area contributed by atoms with Gasteiger partial charge in [0.25, 0.3) is 5.22 Å². The molecule has 0 aliphatic carbocycles. The number of H-pyrrole nitrogens is 1. The van der Waals surface area contributed by atoms with Crippen molar-refractivity contribution in [3.05, 3.63) is 51.7 Å². The second-order valence-corrected chi connectivity index (χ2v) is 16.9. The summed E-state index contributed by atoms with van der Waals surface area (Å²) in [6, 6.07) is 7.67. The van der Waals surface area contributed by atoms with E-state index in [-0.39, 0.29) is 22.9 Å². The molecule has 2 unspecified atom stereocenters. The molecule has 15 heteroatoms. The lowest BCUT2D eigenvalue weighted by atomic mass is 9.83. The zero-order valence-electron chi connectivity index (χ0n) is 33.8. The van der Waals surface area contributed by atoms with E-state index >= 15 is 0 Å². The largest absolute Gasteiger partial charge is 0.507 e. The molecular weight excluding hydrogens is 751 g/mol. The van der Waals surface area contributed by atoms with Crippen LogP contribution in [0.4, 0.5) is 5.95 Å². The molecule has 0 spiro atoms. The summed E-state index contributed by atoms with van der Waals surface area (Å²) in [6.45, 7) is 13.2. The number of aromatic hydroxyl groups is 1. The van der Waals surface area contributed by atoms with Crippen molar-refractivity contribution in [2.45, 2.75) is 89.9 Å². The number of unbranched alkanes of at least 4 members (excludes halogenated alkanes) is 2. The van der Waals surface area contributed by atoms with E-state index in [1.54, 1.807) is 37.5 Å². The fourth-order valence-electron chi connectivity index (χ4n) is 7.55. The Labute approximate surface area is 337 Å². The molecule has 1 saturated heterocycles. The van der Waals surface area contributed by atoms with Crippen LogP contribution in [0.25, 0.3) is 16.5 Å². The van der Waals surface area contributed by atoms with Gasteiger partial charge in [-0.3, -0.25) is 10.2 Å². The Hall–Kier alpha value is -4.37. The summed E-state index contributed by atoms with van der Waals surface area (Å²) in [4.78, 5) is 25.2. The van der Waals surface area contributed by atoms with Crippen LogP contribution in [0, 0.1) is 11.3 Å². The molecule has 3 aliphatic rings. The van der Waals surface area contributed by atoms with E-state index in [4.69, 9.17) is 24.0 Å². The number of thioether (sulfide) groups is 2. The van der Waals surface area contributed by atoms with Crippen LogP contribution in [-0.2, 0) is 0 Å². The summed E-state index contributed by atoms with van der Waals surface area (Å²) in [5.41, 5.74) is 4.01. The Morgan fingerprint density at radius 1 is 1.09 bits per heavy atom. The van der Waals surface area contributed by atoms with Gasteiger partial charge in [0.15, 0.2) is 11.5 Å². The van der Waals surface area contributed by atoms with Crippen LogP contribution >= 0.6 is 23.5 Å². The number of anilines is 1. The molecule has 4 aromatic rings. The zero-order chi connectivity index (χ0) is 40.1. The highest BCUT2D eigenvalue weighted by molar-refractivity contribution is 8.03. The van der Waals surface area contributed by atoms with Crippen LogP contribution in [0.5, 0.6) is 23.0 Å². The third kappa shape index (κ3) is 8.78. The van der Waals surface area contributed by atoms with Crippen molar-refractivity contribution in [1.82, 2.24) is 25.1 Å². The van der Waals surface area contributed by atoms with Gasteiger partial charge in [0.2, 0.25) is 5.95 Å². The minimum atomic E-state index is -0.297. The van der Waals surface area contributed by atoms with Crippen LogP contribution in [0.15, 0.2) is 38.8 Å². The van der Waals surface area contributed by atoms with E-state index in [9.17, 15) is 9.90 Å². The minimum absolute atomic E-state index is 0.00215. The van der Waals surface area contributed by atoms with Gasteiger partial charge >= 0.3 is 11.8 Å². The fourth-order valence-corrected chi connectivity index (χ4v) is 9.10. The summed E-state index contributed by atoms with van der Waals surface area (Å²) in [5.74, 6) is 4.82. The van der Waals surface area contributed by atoms with E-state index in [1.165, 1.54) is 59.9 Å². The number of amides is 1. The van der Waals surface area contributed by atoms with Crippen molar-refractivity contribution in [3.8, 4) is 23.0 Å². The number of nitrogens with one attached hydrogen (secondary N) is 2. The predicted molar refractivity (Wildman–Crippen MR) is 222 cm³/mol. The van der Waals surface area contributed by atoms with E-state index in [0.717, 1.165) is 23.5 Å². The van der Waals surface area contributed by atoms with E-state index in [0.29, 0.717) is 77.3 Å². The number of carbonyl (C=O) groups excluding carboxylic acids is 1. The highest BCUT2D eigenvalue weighted by atomic mass is 32.2. The molecule has 2 aromatic heterocycles. The first-order valence-corrected chi connectivity index (χ1v) is 21.6. The number of allylic oxidation sites excluding steroid dienone is 1. The quantitative estimate of drug-likeness (QED) is 0.0985. The number of carbonyl (C=O) groups is 1. The maximum absolute atomic E-state index is 12.6. The SMILES string of the molecule is CCCCCC(C)C(C)c1cc(O)c2c(c1)OC(C)(C)C1=C2CCCS1.COc1cc2nc(N3CCN(C(=O)c4nnc(SC)o4)CC3)[nH]c(=N)c2cc1OC. The number of nitrogens with zero attached hydrogens (tertiary/aromatic N) is 5. The number of benzene rings is 2. The first-order valence-electron chi connectivity index (χ1n) is 19.4. The molecule has 56 heavy (non-hydrogen) atoms. The Bertz CT molecular complexity index is 2120. The van der Waals surface area contributed by atoms with Gasteiger partial charge in [-0.25, -0.2) is 4.98 Å². The number of ether oxygens (including phenoxy) is 3.